The van der Waals surface area contributed by atoms with Crippen molar-refractivity contribution in [2.24, 2.45) is 0 Å². The fraction of sp³-hybridized carbons (Fsp3) is 0.182. The van der Waals surface area contributed by atoms with Crippen molar-refractivity contribution in [3.63, 3.8) is 0 Å². The summed E-state index contributed by atoms with van der Waals surface area (Å²) in [7, 11) is 1.39. The molecule has 0 aliphatic rings. The Morgan fingerprint density at radius 2 is 2.00 bits per heavy atom. The molecule has 10 nitrogen and oxygen atoms in total. The highest BCUT2D eigenvalue weighted by molar-refractivity contribution is 5.72. The molecule has 0 amide bonds. The van der Waals surface area contributed by atoms with Gasteiger partial charge in [0.15, 0.2) is 0 Å². The van der Waals surface area contributed by atoms with E-state index in [0.29, 0.717) is 5.75 Å². The second-order valence-electron chi connectivity index (χ2n) is 4.07. The largest absolute Gasteiger partial charge is 0.495 e. The summed E-state index contributed by atoms with van der Waals surface area (Å²) in [6.07, 6.45) is 0. The van der Waals surface area contributed by atoms with Crippen LogP contribution in [0, 0.1) is 27.2 Å². The summed E-state index contributed by atoms with van der Waals surface area (Å²) in [6, 6.07) is 3.88. The average Bonchev–Trinajstić information content (AvgIpc) is 2.79. The minimum atomic E-state index is -0.592. The van der Waals surface area contributed by atoms with Crippen LogP contribution in [0.5, 0.6) is 5.75 Å². The van der Waals surface area contributed by atoms with Crippen LogP contribution < -0.4 is 10.1 Å². The zero-order valence-electron chi connectivity index (χ0n) is 11.1. The molecule has 21 heavy (non-hydrogen) atoms. The van der Waals surface area contributed by atoms with Gasteiger partial charge in [-0.2, -0.15) is 0 Å². The van der Waals surface area contributed by atoms with Crippen molar-refractivity contribution in [1.29, 1.82) is 0 Å². The van der Waals surface area contributed by atoms with Gasteiger partial charge in [0.25, 0.3) is 5.69 Å². The molecular formula is C11H11N5O5. The van der Waals surface area contributed by atoms with Crippen LogP contribution in [0.3, 0.4) is 0 Å². The first-order valence-electron chi connectivity index (χ1n) is 5.73. The van der Waals surface area contributed by atoms with Crippen molar-refractivity contribution in [3.05, 3.63) is 44.1 Å². The number of hydrogen-bond acceptors (Lipinski definition) is 7. The van der Waals surface area contributed by atoms with E-state index in [1.807, 2.05) is 0 Å². The predicted molar refractivity (Wildman–Crippen MR) is 72.9 cm³/mol. The van der Waals surface area contributed by atoms with Gasteiger partial charge < -0.3 is 10.1 Å². The highest BCUT2D eigenvalue weighted by Gasteiger charge is 2.23. The van der Waals surface area contributed by atoms with Crippen molar-refractivity contribution in [2.45, 2.75) is 6.92 Å². The summed E-state index contributed by atoms with van der Waals surface area (Å²) < 4.78 is 5.07. The monoisotopic (exact) mass is 293 g/mol. The highest BCUT2D eigenvalue weighted by Crippen LogP contribution is 2.34. The molecule has 0 saturated heterocycles. The van der Waals surface area contributed by atoms with Gasteiger partial charge in [-0.1, -0.05) is 0 Å². The minimum absolute atomic E-state index is 0.0451. The van der Waals surface area contributed by atoms with E-state index in [0.717, 1.165) is 0 Å². The number of H-pyrrole nitrogens is 1. The number of nitrogens with zero attached hydrogens (tertiary/aromatic N) is 3. The maximum absolute atomic E-state index is 11.0. The highest BCUT2D eigenvalue weighted by atomic mass is 16.6. The summed E-state index contributed by atoms with van der Waals surface area (Å²) >= 11 is 0. The Balaban J connectivity index is 2.45. The molecule has 10 heteroatoms. The molecule has 110 valence electrons. The molecule has 0 atom stereocenters. The molecule has 1 heterocycles. The van der Waals surface area contributed by atoms with E-state index in [1.165, 1.54) is 32.2 Å². The third-order valence-electron chi connectivity index (χ3n) is 2.74. The lowest BCUT2D eigenvalue weighted by molar-refractivity contribution is -0.385. The molecule has 2 N–H and O–H groups in total. The van der Waals surface area contributed by atoms with Gasteiger partial charge in [0.05, 0.1) is 22.6 Å². The van der Waals surface area contributed by atoms with Crippen LogP contribution in [-0.4, -0.2) is 27.2 Å². The van der Waals surface area contributed by atoms with Gasteiger partial charge in [0, 0.05) is 12.1 Å². The Morgan fingerprint density at radius 3 is 2.57 bits per heavy atom. The maximum Gasteiger partial charge on any atom is 0.333 e. The van der Waals surface area contributed by atoms with Crippen LogP contribution in [0.1, 0.15) is 5.69 Å². The Morgan fingerprint density at radius 1 is 1.29 bits per heavy atom. The number of nitrogens with one attached hydrogen (secondary N) is 2. The van der Waals surface area contributed by atoms with Crippen molar-refractivity contribution in [3.8, 4) is 5.75 Å². The SMILES string of the molecule is COc1ccc([N+](=O)[O-])cc1Nc1n[nH]c(C)c1[N+](=O)[O-]. The minimum Gasteiger partial charge on any atom is -0.495 e. The number of aryl methyl sites for hydroxylation is 1. The molecule has 0 fully saturated rings. The number of hydrogen-bond donors (Lipinski definition) is 2. The molecule has 0 aliphatic heterocycles. The first-order valence-corrected chi connectivity index (χ1v) is 5.73. The number of ether oxygens (including phenoxy) is 1. The molecule has 0 bridgehead atoms. The summed E-state index contributed by atoms with van der Waals surface area (Å²) in [6.45, 7) is 1.50. The van der Waals surface area contributed by atoms with E-state index in [9.17, 15) is 20.2 Å². The van der Waals surface area contributed by atoms with Gasteiger partial charge in [0.1, 0.15) is 11.4 Å². The van der Waals surface area contributed by atoms with Crippen LogP contribution in [0.15, 0.2) is 18.2 Å². The van der Waals surface area contributed by atoms with Crippen molar-refractivity contribution in [2.75, 3.05) is 12.4 Å². The third-order valence-corrected chi connectivity index (χ3v) is 2.74. The number of methoxy groups -OCH3 is 1. The Hall–Kier alpha value is -3.17. The normalized spacial score (nSPS) is 10.2. The maximum atomic E-state index is 11.0. The Labute approximate surface area is 118 Å². The first-order chi connectivity index (χ1) is 9.93. The van der Waals surface area contributed by atoms with Gasteiger partial charge in [-0.05, 0) is 13.0 Å². The number of nitro benzene ring substituents is 1. The van der Waals surface area contributed by atoms with Crippen molar-refractivity contribution < 1.29 is 14.6 Å². The smallest absolute Gasteiger partial charge is 0.333 e. The van der Waals surface area contributed by atoms with Gasteiger partial charge in [0.2, 0.25) is 5.82 Å². The number of aromatic nitrogens is 2. The van der Waals surface area contributed by atoms with Gasteiger partial charge in [-0.25, -0.2) is 0 Å². The number of non-ortho nitro benzene ring substituents is 1. The fourth-order valence-corrected chi connectivity index (χ4v) is 1.77. The van der Waals surface area contributed by atoms with Gasteiger partial charge >= 0.3 is 5.69 Å². The zero-order valence-corrected chi connectivity index (χ0v) is 11.1. The lowest BCUT2D eigenvalue weighted by Crippen LogP contribution is -1.99. The summed E-state index contributed by atoms with van der Waals surface area (Å²) in [4.78, 5) is 20.6. The van der Waals surface area contributed by atoms with E-state index in [-0.39, 0.29) is 28.6 Å². The number of anilines is 2. The molecule has 0 unspecified atom stereocenters. The summed E-state index contributed by atoms with van der Waals surface area (Å²) in [5.74, 6) is 0.256. The molecule has 0 aliphatic carbocycles. The second-order valence-corrected chi connectivity index (χ2v) is 4.07. The number of aromatic amines is 1. The van der Waals surface area contributed by atoms with E-state index < -0.39 is 9.85 Å². The molecule has 0 radical (unpaired) electrons. The van der Waals surface area contributed by atoms with Crippen molar-refractivity contribution in [1.82, 2.24) is 10.2 Å². The van der Waals surface area contributed by atoms with Gasteiger partial charge in [-0.15, -0.1) is 5.10 Å². The number of benzene rings is 1. The van der Waals surface area contributed by atoms with Crippen LogP contribution in [0.4, 0.5) is 22.9 Å². The average molecular weight is 293 g/mol. The van der Waals surface area contributed by atoms with E-state index in [4.69, 9.17) is 4.74 Å². The quantitative estimate of drug-likeness (QED) is 0.637. The third kappa shape index (κ3) is 2.73. The molecular weight excluding hydrogens is 282 g/mol. The molecule has 0 saturated carbocycles. The first kappa shape index (κ1) is 14.2. The number of nitro groups is 2. The summed E-state index contributed by atoms with van der Waals surface area (Å²) in [5.41, 5.74) is 0.0740. The molecule has 1 aromatic carbocycles. The van der Waals surface area contributed by atoms with Crippen LogP contribution in [0.2, 0.25) is 0 Å². The molecule has 2 rings (SSSR count). The van der Waals surface area contributed by atoms with E-state index in [2.05, 4.69) is 15.5 Å². The van der Waals surface area contributed by atoms with E-state index >= 15 is 0 Å². The Bertz CT molecular complexity index is 711. The lowest BCUT2D eigenvalue weighted by atomic mass is 10.2. The topological polar surface area (TPSA) is 136 Å². The fourth-order valence-electron chi connectivity index (χ4n) is 1.77. The second kappa shape index (κ2) is 5.45. The molecule has 0 spiro atoms. The van der Waals surface area contributed by atoms with Crippen LogP contribution in [-0.2, 0) is 0 Å². The van der Waals surface area contributed by atoms with Gasteiger partial charge in [-0.3, -0.25) is 25.3 Å². The number of rotatable bonds is 5. The molecule has 1 aromatic heterocycles. The Kier molecular flexibility index (Phi) is 3.69. The van der Waals surface area contributed by atoms with Crippen molar-refractivity contribution >= 4 is 22.9 Å². The lowest BCUT2D eigenvalue weighted by Gasteiger charge is -2.08. The van der Waals surface area contributed by atoms with E-state index in [1.54, 1.807) is 0 Å². The molecule has 2 aromatic rings. The summed E-state index contributed by atoms with van der Waals surface area (Å²) in [5, 5.41) is 30.7. The standard InChI is InChI=1S/C11H11N5O5/c1-6-10(16(19)20)11(14-13-6)12-8-5-7(15(17)18)3-4-9(8)21-2/h3-5H,1-2H3,(H2,12,13,14). The zero-order chi connectivity index (χ0) is 15.6. The van der Waals surface area contributed by atoms with Crippen LogP contribution >= 0.6 is 0 Å². The predicted octanol–water partition coefficient (Wildman–Crippen LogP) is 2.29. The van der Waals surface area contributed by atoms with Crippen LogP contribution in [0.25, 0.3) is 0 Å².